The predicted octanol–water partition coefficient (Wildman–Crippen LogP) is 3.54. The number of carboxylic acid groups (broad SMARTS) is 1. The highest BCUT2D eigenvalue weighted by atomic mass is 16.4. The molecule has 0 heterocycles. The van der Waals surface area contributed by atoms with Crippen LogP contribution in [0.25, 0.3) is 0 Å². The van der Waals surface area contributed by atoms with E-state index in [0.717, 1.165) is 0 Å². The molecule has 6 heteroatoms. The molecule has 2 atom stereocenters. The zero-order valence-corrected chi connectivity index (χ0v) is 14.6. The lowest BCUT2D eigenvalue weighted by molar-refractivity contribution is -0.129. The van der Waals surface area contributed by atoms with Crippen LogP contribution in [0.4, 0.5) is 11.4 Å². The van der Waals surface area contributed by atoms with Crippen LogP contribution in [0.1, 0.15) is 23.2 Å². The molecule has 1 aliphatic carbocycles. The van der Waals surface area contributed by atoms with Crippen molar-refractivity contribution in [3.05, 3.63) is 72.3 Å². The molecule has 0 bridgehead atoms. The molecule has 0 spiro atoms. The predicted molar refractivity (Wildman–Crippen MR) is 102 cm³/mol. The summed E-state index contributed by atoms with van der Waals surface area (Å²) < 4.78 is 0. The summed E-state index contributed by atoms with van der Waals surface area (Å²) in [5, 5.41) is 14.6. The summed E-state index contributed by atoms with van der Waals surface area (Å²) in [4.78, 5) is 36.3. The van der Waals surface area contributed by atoms with Gasteiger partial charge in [-0.05, 0) is 49.2 Å². The Bertz CT molecular complexity index is 860. The molecule has 0 saturated carbocycles. The summed E-state index contributed by atoms with van der Waals surface area (Å²) >= 11 is 0. The fourth-order valence-electron chi connectivity index (χ4n) is 3.08. The van der Waals surface area contributed by atoms with Gasteiger partial charge in [-0.1, -0.05) is 30.4 Å². The molecule has 0 saturated heterocycles. The van der Waals surface area contributed by atoms with Crippen LogP contribution < -0.4 is 10.6 Å². The summed E-state index contributed by atoms with van der Waals surface area (Å²) in [5.41, 5.74) is 1.34. The maximum atomic E-state index is 12.7. The Morgan fingerprint density at radius 1 is 0.741 bits per heavy atom. The van der Waals surface area contributed by atoms with Crippen LogP contribution in [0.3, 0.4) is 0 Å². The minimum absolute atomic E-state index is 0.147. The number of rotatable bonds is 5. The Kier molecular flexibility index (Phi) is 5.66. The number of amides is 2. The number of benzene rings is 2. The first-order chi connectivity index (χ1) is 13.0. The molecule has 3 rings (SSSR count). The lowest BCUT2D eigenvalue weighted by atomic mass is 9.81. The Labute approximate surface area is 156 Å². The van der Waals surface area contributed by atoms with Crippen LogP contribution in [-0.2, 0) is 9.59 Å². The summed E-state index contributed by atoms with van der Waals surface area (Å²) in [6.45, 7) is 0. The number of allylic oxidation sites excluding steroid dienone is 2. The number of carbonyl (C=O) groups excluding carboxylic acids is 2. The van der Waals surface area contributed by atoms with Crippen LogP contribution in [0.5, 0.6) is 0 Å². The van der Waals surface area contributed by atoms with Crippen LogP contribution >= 0.6 is 0 Å². The lowest BCUT2D eigenvalue weighted by Crippen LogP contribution is -2.37. The SMILES string of the molecule is O=C(O)c1ccc(NC(=O)C2CC=CCC2C(=O)Nc2ccccc2)cc1. The van der Waals surface area contributed by atoms with Gasteiger partial charge in [0.05, 0.1) is 17.4 Å². The van der Waals surface area contributed by atoms with Crippen molar-refractivity contribution in [3.63, 3.8) is 0 Å². The van der Waals surface area contributed by atoms with Gasteiger partial charge < -0.3 is 15.7 Å². The summed E-state index contributed by atoms with van der Waals surface area (Å²) in [6, 6.07) is 15.1. The van der Waals surface area contributed by atoms with Crippen molar-refractivity contribution in [2.75, 3.05) is 10.6 Å². The Hall–Kier alpha value is -3.41. The van der Waals surface area contributed by atoms with Gasteiger partial charge in [-0.25, -0.2) is 4.79 Å². The third-order valence-corrected chi connectivity index (χ3v) is 4.55. The zero-order valence-electron chi connectivity index (χ0n) is 14.6. The first-order valence-corrected chi connectivity index (χ1v) is 8.70. The monoisotopic (exact) mass is 364 g/mol. The third kappa shape index (κ3) is 4.61. The van der Waals surface area contributed by atoms with Gasteiger partial charge in [-0.15, -0.1) is 0 Å². The maximum Gasteiger partial charge on any atom is 0.335 e. The average molecular weight is 364 g/mol. The molecule has 1 aliphatic rings. The topological polar surface area (TPSA) is 95.5 Å². The Morgan fingerprint density at radius 3 is 1.70 bits per heavy atom. The van der Waals surface area contributed by atoms with Gasteiger partial charge in [0.1, 0.15) is 0 Å². The van der Waals surface area contributed by atoms with Gasteiger partial charge >= 0.3 is 5.97 Å². The number of nitrogens with one attached hydrogen (secondary N) is 2. The van der Waals surface area contributed by atoms with E-state index in [4.69, 9.17) is 5.11 Å². The first kappa shape index (κ1) is 18.4. The highest BCUT2D eigenvalue weighted by molar-refractivity contribution is 6.00. The van der Waals surface area contributed by atoms with Crippen molar-refractivity contribution in [2.45, 2.75) is 12.8 Å². The van der Waals surface area contributed by atoms with Crippen molar-refractivity contribution >= 4 is 29.2 Å². The lowest BCUT2D eigenvalue weighted by Gasteiger charge is -2.26. The van der Waals surface area contributed by atoms with E-state index in [1.165, 1.54) is 12.1 Å². The van der Waals surface area contributed by atoms with E-state index in [1.807, 2.05) is 30.4 Å². The van der Waals surface area contributed by atoms with Gasteiger partial charge in [0.15, 0.2) is 0 Å². The Balaban J connectivity index is 1.69. The molecule has 2 amide bonds. The number of carboxylic acids is 1. The molecular formula is C21H20N2O4. The average Bonchev–Trinajstić information content (AvgIpc) is 2.69. The van der Waals surface area contributed by atoms with Crippen molar-refractivity contribution in [2.24, 2.45) is 11.8 Å². The number of aromatic carboxylic acids is 1. The molecule has 3 N–H and O–H groups in total. The highest BCUT2D eigenvalue weighted by Crippen LogP contribution is 2.28. The summed E-state index contributed by atoms with van der Waals surface area (Å²) in [5.74, 6) is -2.42. The smallest absolute Gasteiger partial charge is 0.335 e. The fourth-order valence-corrected chi connectivity index (χ4v) is 3.08. The summed E-state index contributed by atoms with van der Waals surface area (Å²) in [7, 11) is 0. The molecule has 138 valence electrons. The van der Waals surface area contributed by atoms with Crippen LogP contribution in [-0.4, -0.2) is 22.9 Å². The molecule has 2 unspecified atom stereocenters. The van der Waals surface area contributed by atoms with E-state index in [0.29, 0.717) is 24.2 Å². The molecule has 0 fully saturated rings. The van der Waals surface area contributed by atoms with Gasteiger partial charge in [0, 0.05) is 11.4 Å². The van der Waals surface area contributed by atoms with Crippen molar-refractivity contribution in [3.8, 4) is 0 Å². The number of anilines is 2. The number of carbonyl (C=O) groups is 3. The van der Waals surface area contributed by atoms with Crippen molar-refractivity contribution in [1.29, 1.82) is 0 Å². The second-order valence-corrected chi connectivity index (χ2v) is 6.38. The molecular weight excluding hydrogens is 344 g/mol. The third-order valence-electron chi connectivity index (χ3n) is 4.55. The van der Waals surface area contributed by atoms with Crippen molar-refractivity contribution in [1.82, 2.24) is 0 Å². The van der Waals surface area contributed by atoms with E-state index >= 15 is 0 Å². The van der Waals surface area contributed by atoms with E-state index in [9.17, 15) is 14.4 Å². The summed E-state index contributed by atoms with van der Waals surface area (Å²) in [6.07, 6.45) is 4.80. The second-order valence-electron chi connectivity index (χ2n) is 6.38. The van der Waals surface area contributed by atoms with E-state index < -0.39 is 17.8 Å². The molecule has 0 radical (unpaired) electrons. The minimum Gasteiger partial charge on any atom is -0.478 e. The van der Waals surface area contributed by atoms with E-state index in [-0.39, 0.29) is 17.4 Å². The van der Waals surface area contributed by atoms with E-state index in [1.54, 1.807) is 24.3 Å². The van der Waals surface area contributed by atoms with Crippen LogP contribution in [0.15, 0.2) is 66.7 Å². The quantitative estimate of drug-likeness (QED) is 0.707. The zero-order chi connectivity index (χ0) is 19.2. The highest BCUT2D eigenvalue weighted by Gasteiger charge is 2.34. The first-order valence-electron chi connectivity index (χ1n) is 8.70. The Morgan fingerprint density at radius 2 is 1.22 bits per heavy atom. The van der Waals surface area contributed by atoms with Gasteiger partial charge in [0.25, 0.3) is 0 Å². The normalized spacial score (nSPS) is 18.5. The number of hydrogen-bond donors (Lipinski definition) is 3. The van der Waals surface area contributed by atoms with Crippen LogP contribution in [0.2, 0.25) is 0 Å². The molecule has 2 aromatic carbocycles. The van der Waals surface area contributed by atoms with E-state index in [2.05, 4.69) is 10.6 Å². The second kappa shape index (κ2) is 8.31. The maximum absolute atomic E-state index is 12.7. The minimum atomic E-state index is -1.03. The fraction of sp³-hybridized carbons (Fsp3) is 0.190. The number of para-hydroxylation sites is 1. The molecule has 27 heavy (non-hydrogen) atoms. The largest absolute Gasteiger partial charge is 0.478 e. The van der Waals surface area contributed by atoms with Crippen molar-refractivity contribution < 1.29 is 19.5 Å². The standard InChI is InChI=1S/C21H20N2O4/c24-19(22-15-6-2-1-3-7-15)17-8-4-5-9-18(17)20(25)23-16-12-10-14(11-13-16)21(26)27/h1-7,10-13,17-18H,8-9H2,(H,22,24)(H,23,25)(H,26,27). The molecule has 6 nitrogen and oxygen atoms in total. The molecule has 0 aliphatic heterocycles. The van der Waals surface area contributed by atoms with Gasteiger partial charge in [0.2, 0.25) is 11.8 Å². The van der Waals surface area contributed by atoms with Gasteiger partial charge in [-0.3, -0.25) is 9.59 Å². The molecule has 0 aromatic heterocycles. The number of hydrogen-bond acceptors (Lipinski definition) is 3. The molecule has 2 aromatic rings. The van der Waals surface area contributed by atoms with Gasteiger partial charge in [-0.2, -0.15) is 0 Å². The van der Waals surface area contributed by atoms with Crippen LogP contribution in [0, 0.1) is 11.8 Å².